The van der Waals surface area contributed by atoms with Crippen LogP contribution in [0.25, 0.3) is 0 Å². The smallest absolute Gasteiger partial charge is 0.333 e. The van der Waals surface area contributed by atoms with Crippen LogP contribution in [0.15, 0.2) is 43.0 Å². The van der Waals surface area contributed by atoms with Gasteiger partial charge in [-0.2, -0.15) is 11.8 Å². The topological polar surface area (TPSA) is 55.4 Å². The first kappa shape index (κ1) is 15.6. The molecule has 1 amide bonds. The van der Waals surface area contributed by atoms with Gasteiger partial charge in [0.2, 0.25) is 0 Å². The number of nitrogens with one attached hydrogen (secondary N) is 1. The fraction of sp³-hybridized carbons (Fsp3) is 0.375. The van der Waals surface area contributed by atoms with Crippen LogP contribution in [0.2, 0.25) is 0 Å². The molecule has 1 N–H and O–H groups in total. The molecule has 1 aromatic carbocycles. The van der Waals surface area contributed by atoms with E-state index >= 15 is 0 Å². The number of carbonyl (C=O) groups excluding carboxylic acids is 2. The molecule has 1 aromatic rings. The number of carbonyl (C=O) groups is 2. The molecule has 112 valence electrons. The Morgan fingerprint density at radius 2 is 2.19 bits per heavy atom. The monoisotopic (exact) mass is 305 g/mol. The standard InChI is InChI=1S/C16H19NO3S/c1-3-10-21-13-11-16(13,15(19)20-4-2)17-14(18)12-8-6-5-7-9-12/h3,5-9,13H,1,4,10-11H2,2H3,(H,17,18)/t13-,16-/m1/s1. The van der Waals surface area contributed by atoms with Gasteiger partial charge < -0.3 is 10.1 Å². The molecule has 0 aliphatic heterocycles. The van der Waals surface area contributed by atoms with E-state index in [9.17, 15) is 9.59 Å². The third kappa shape index (κ3) is 3.47. The van der Waals surface area contributed by atoms with Gasteiger partial charge in [-0.3, -0.25) is 4.79 Å². The van der Waals surface area contributed by atoms with Crippen molar-refractivity contribution in [3.63, 3.8) is 0 Å². The molecule has 2 atom stereocenters. The van der Waals surface area contributed by atoms with Crippen molar-refractivity contribution in [1.29, 1.82) is 0 Å². The Morgan fingerprint density at radius 1 is 1.48 bits per heavy atom. The number of esters is 1. The highest BCUT2D eigenvalue weighted by Gasteiger charge is 2.62. The van der Waals surface area contributed by atoms with Gasteiger partial charge in [-0.15, -0.1) is 6.58 Å². The van der Waals surface area contributed by atoms with E-state index in [1.807, 2.05) is 6.07 Å². The maximum atomic E-state index is 12.3. The summed E-state index contributed by atoms with van der Waals surface area (Å²) in [6.07, 6.45) is 2.39. The van der Waals surface area contributed by atoms with Crippen LogP contribution >= 0.6 is 11.8 Å². The van der Waals surface area contributed by atoms with Gasteiger partial charge in [0, 0.05) is 16.6 Å². The number of benzene rings is 1. The average Bonchev–Trinajstić information content (AvgIpc) is 3.20. The minimum Gasteiger partial charge on any atom is -0.464 e. The van der Waals surface area contributed by atoms with Crippen molar-refractivity contribution in [2.75, 3.05) is 12.4 Å². The van der Waals surface area contributed by atoms with E-state index in [4.69, 9.17) is 4.74 Å². The van der Waals surface area contributed by atoms with Crippen molar-refractivity contribution >= 4 is 23.6 Å². The van der Waals surface area contributed by atoms with Gasteiger partial charge in [0.15, 0.2) is 5.54 Å². The van der Waals surface area contributed by atoms with Crippen molar-refractivity contribution in [2.45, 2.75) is 24.1 Å². The summed E-state index contributed by atoms with van der Waals surface area (Å²) in [4.78, 5) is 24.5. The number of ether oxygens (including phenoxy) is 1. The van der Waals surface area contributed by atoms with Crippen LogP contribution in [0, 0.1) is 0 Å². The molecule has 1 aliphatic rings. The summed E-state index contributed by atoms with van der Waals surface area (Å²) < 4.78 is 5.12. The molecule has 0 bridgehead atoms. The van der Waals surface area contributed by atoms with Crippen molar-refractivity contribution in [1.82, 2.24) is 5.32 Å². The van der Waals surface area contributed by atoms with Crippen LogP contribution in [0.3, 0.4) is 0 Å². The third-order valence-electron chi connectivity index (χ3n) is 3.32. The summed E-state index contributed by atoms with van der Waals surface area (Å²) in [6.45, 7) is 5.74. The van der Waals surface area contributed by atoms with Crippen molar-refractivity contribution in [3.05, 3.63) is 48.6 Å². The minimum absolute atomic E-state index is 0.0437. The molecular formula is C16H19NO3S. The molecule has 0 spiro atoms. The normalized spacial score (nSPS) is 23.2. The molecule has 1 fully saturated rings. The van der Waals surface area contributed by atoms with Gasteiger partial charge in [0.05, 0.1) is 6.61 Å². The summed E-state index contributed by atoms with van der Waals surface area (Å²) in [6, 6.07) is 8.88. The maximum absolute atomic E-state index is 12.3. The highest BCUT2D eigenvalue weighted by Crippen LogP contribution is 2.47. The van der Waals surface area contributed by atoms with Crippen molar-refractivity contribution in [2.24, 2.45) is 0 Å². The zero-order valence-electron chi connectivity index (χ0n) is 12.0. The summed E-state index contributed by atoms with van der Waals surface area (Å²) in [5, 5.41) is 2.90. The van der Waals surface area contributed by atoms with E-state index in [1.165, 1.54) is 0 Å². The summed E-state index contributed by atoms with van der Waals surface area (Å²) >= 11 is 1.61. The lowest BCUT2D eigenvalue weighted by atomic mass is 10.2. The molecule has 1 saturated carbocycles. The van der Waals surface area contributed by atoms with E-state index < -0.39 is 5.54 Å². The Labute approximate surface area is 128 Å². The summed E-state index contributed by atoms with van der Waals surface area (Å²) in [5.74, 6) is 0.147. The fourth-order valence-electron chi connectivity index (χ4n) is 2.14. The van der Waals surface area contributed by atoms with Gasteiger partial charge in [-0.25, -0.2) is 4.79 Å². The summed E-state index contributed by atoms with van der Waals surface area (Å²) in [7, 11) is 0. The first-order valence-electron chi connectivity index (χ1n) is 6.91. The maximum Gasteiger partial charge on any atom is 0.333 e. The molecule has 21 heavy (non-hydrogen) atoms. The molecule has 0 heterocycles. The van der Waals surface area contributed by atoms with Crippen molar-refractivity contribution in [3.8, 4) is 0 Å². The quantitative estimate of drug-likeness (QED) is 0.621. The van der Waals surface area contributed by atoms with E-state index in [1.54, 1.807) is 49.0 Å². The second kappa shape index (κ2) is 6.80. The predicted molar refractivity (Wildman–Crippen MR) is 84.3 cm³/mol. The lowest BCUT2D eigenvalue weighted by Gasteiger charge is -2.17. The van der Waals surface area contributed by atoms with Crippen LogP contribution in [0.5, 0.6) is 0 Å². The fourth-order valence-corrected chi connectivity index (χ4v) is 3.33. The van der Waals surface area contributed by atoms with E-state index in [-0.39, 0.29) is 17.1 Å². The van der Waals surface area contributed by atoms with Crippen LogP contribution in [-0.4, -0.2) is 35.0 Å². The minimum atomic E-state index is -0.892. The zero-order valence-corrected chi connectivity index (χ0v) is 12.8. The Bertz CT molecular complexity index is 532. The lowest BCUT2D eigenvalue weighted by molar-refractivity contribution is -0.146. The SMILES string of the molecule is C=CCS[C@@H]1C[C@]1(NC(=O)c1ccccc1)C(=O)OCC. The first-order valence-corrected chi connectivity index (χ1v) is 7.96. The third-order valence-corrected chi connectivity index (χ3v) is 4.72. The Morgan fingerprint density at radius 3 is 2.81 bits per heavy atom. The van der Waals surface area contributed by atoms with Crippen molar-refractivity contribution < 1.29 is 14.3 Å². The van der Waals surface area contributed by atoms with Crippen LogP contribution in [0.1, 0.15) is 23.7 Å². The van der Waals surface area contributed by atoms with Crippen LogP contribution in [-0.2, 0) is 9.53 Å². The predicted octanol–water partition coefficient (Wildman–Crippen LogP) is 2.41. The second-order valence-electron chi connectivity index (χ2n) is 4.83. The molecule has 0 radical (unpaired) electrons. The number of amides is 1. The molecule has 4 nitrogen and oxygen atoms in total. The van der Waals surface area contributed by atoms with E-state index in [2.05, 4.69) is 11.9 Å². The highest BCUT2D eigenvalue weighted by molar-refractivity contribution is 8.00. The van der Waals surface area contributed by atoms with E-state index in [0.29, 0.717) is 18.6 Å². The molecule has 0 aromatic heterocycles. The Hall–Kier alpha value is -1.75. The average molecular weight is 305 g/mol. The molecule has 2 rings (SSSR count). The number of rotatable bonds is 7. The molecule has 5 heteroatoms. The molecule has 1 aliphatic carbocycles. The molecule has 0 saturated heterocycles. The molecular weight excluding hydrogens is 286 g/mol. The second-order valence-corrected chi connectivity index (χ2v) is 6.06. The first-order chi connectivity index (χ1) is 10.1. The Balaban J connectivity index is 2.09. The van der Waals surface area contributed by atoms with Crippen LogP contribution < -0.4 is 5.32 Å². The highest BCUT2D eigenvalue weighted by atomic mass is 32.2. The number of hydrogen-bond donors (Lipinski definition) is 1. The number of hydrogen-bond acceptors (Lipinski definition) is 4. The largest absolute Gasteiger partial charge is 0.464 e. The zero-order chi connectivity index (χ0) is 15.3. The number of thioether (sulfide) groups is 1. The lowest BCUT2D eigenvalue weighted by Crippen LogP contribution is -2.46. The Kier molecular flexibility index (Phi) is 5.07. The van der Waals surface area contributed by atoms with Gasteiger partial charge in [-0.1, -0.05) is 24.3 Å². The molecule has 0 unspecified atom stereocenters. The van der Waals surface area contributed by atoms with Gasteiger partial charge in [0.1, 0.15) is 0 Å². The van der Waals surface area contributed by atoms with Gasteiger partial charge >= 0.3 is 5.97 Å². The van der Waals surface area contributed by atoms with E-state index in [0.717, 1.165) is 5.75 Å². The summed E-state index contributed by atoms with van der Waals surface area (Å²) in [5.41, 5.74) is -0.350. The van der Waals surface area contributed by atoms with Gasteiger partial charge in [0.25, 0.3) is 5.91 Å². The van der Waals surface area contributed by atoms with Crippen LogP contribution in [0.4, 0.5) is 0 Å². The van der Waals surface area contributed by atoms with Gasteiger partial charge in [-0.05, 0) is 25.5 Å².